The molecule has 0 radical (unpaired) electrons. The van der Waals surface area contributed by atoms with E-state index in [9.17, 15) is 0 Å². The molecule has 0 saturated carbocycles. The first-order chi connectivity index (χ1) is 6.27. The highest BCUT2D eigenvalue weighted by atomic mass is 14.6. The van der Waals surface area contributed by atoms with Gasteiger partial charge in [-0.05, 0) is 32.6 Å². The van der Waals surface area contributed by atoms with Crippen LogP contribution in [0.1, 0.15) is 58.8 Å². The second-order valence-corrected chi connectivity index (χ2v) is 3.85. The van der Waals surface area contributed by atoms with Crippen LogP contribution in [0.15, 0.2) is 12.2 Å². The Hall–Kier alpha value is -0.300. The van der Waals surface area contributed by atoms with Crippen LogP contribution in [0.2, 0.25) is 0 Å². The molecule has 1 heteroatoms. The summed E-state index contributed by atoms with van der Waals surface area (Å²) in [5, 5.41) is 0. The molecule has 1 nitrogen and oxygen atoms in total. The van der Waals surface area contributed by atoms with Gasteiger partial charge in [0.1, 0.15) is 0 Å². The molecule has 0 fully saturated rings. The van der Waals surface area contributed by atoms with Crippen LogP contribution >= 0.6 is 0 Å². The fourth-order valence-corrected chi connectivity index (χ4v) is 1.37. The smallest absolute Gasteiger partial charge is 0.00104 e. The molecule has 0 aromatic carbocycles. The third-order valence-electron chi connectivity index (χ3n) is 2.18. The van der Waals surface area contributed by atoms with Crippen LogP contribution in [0.5, 0.6) is 0 Å². The van der Waals surface area contributed by atoms with Gasteiger partial charge in [0.25, 0.3) is 0 Å². The van der Waals surface area contributed by atoms with Crippen molar-refractivity contribution in [3.8, 4) is 0 Å². The van der Waals surface area contributed by atoms with Gasteiger partial charge in [0.05, 0.1) is 0 Å². The maximum absolute atomic E-state index is 5.66. The average Bonchev–Trinajstić information content (AvgIpc) is 2.09. The minimum atomic E-state index is 0.389. The standard InChI is InChI=1S/C12H25N/c1-3-4-5-6-7-8-9-10-11-12(2)13/h4-5,12H,3,6-11,13H2,1-2H3/b5-4-. The van der Waals surface area contributed by atoms with Gasteiger partial charge in [0, 0.05) is 6.04 Å². The van der Waals surface area contributed by atoms with Crippen molar-refractivity contribution in [2.45, 2.75) is 64.8 Å². The summed E-state index contributed by atoms with van der Waals surface area (Å²) in [4.78, 5) is 0. The van der Waals surface area contributed by atoms with Crippen molar-refractivity contribution in [1.82, 2.24) is 0 Å². The molecule has 2 N–H and O–H groups in total. The van der Waals surface area contributed by atoms with Crippen molar-refractivity contribution >= 4 is 0 Å². The van der Waals surface area contributed by atoms with Crippen molar-refractivity contribution in [3.63, 3.8) is 0 Å². The molecule has 0 rings (SSSR count). The summed E-state index contributed by atoms with van der Waals surface area (Å²) >= 11 is 0. The Labute approximate surface area is 83.4 Å². The molecule has 1 atom stereocenters. The first-order valence-corrected chi connectivity index (χ1v) is 5.68. The van der Waals surface area contributed by atoms with E-state index in [-0.39, 0.29) is 0 Å². The van der Waals surface area contributed by atoms with Gasteiger partial charge in [0.15, 0.2) is 0 Å². The van der Waals surface area contributed by atoms with Crippen molar-refractivity contribution < 1.29 is 0 Å². The maximum Gasteiger partial charge on any atom is 0.00104 e. The molecule has 0 heterocycles. The Morgan fingerprint density at radius 2 is 1.77 bits per heavy atom. The summed E-state index contributed by atoms with van der Waals surface area (Å²) < 4.78 is 0. The molecule has 0 aliphatic carbocycles. The van der Waals surface area contributed by atoms with Crippen molar-refractivity contribution in [2.75, 3.05) is 0 Å². The number of rotatable bonds is 8. The molecule has 0 bridgehead atoms. The lowest BCUT2D eigenvalue weighted by atomic mass is 10.1. The normalized spacial score (nSPS) is 13.8. The highest BCUT2D eigenvalue weighted by molar-refractivity contribution is 4.79. The van der Waals surface area contributed by atoms with Crippen LogP contribution in [0.3, 0.4) is 0 Å². The third kappa shape index (κ3) is 11.7. The molecular weight excluding hydrogens is 158 g/mol. The van der Waals surface area contributed by atoms with E-state index in [1.807, 2.05) is 0 Å². The van der Waals surface area contributed by atoms with E-state index in [1.54, 1.807) is 0 Å². The zero-order valence-electron chi connectivity index (χ0n) is 9.26. The summed E-state index contributed by atoms with van der Waals surface area (Å²) in [7, 11) is 0. The zero-order valence-corrected chi connectivity index (χ0v) is 9.26. The molecule has 0 aromatic heterocycles. The molecule has 0 aromatic rings. The maximum atomic E-state index is 5.66. The van der Waals surface area contributed by atoms with E-state index in [1.165, 1.54) is 44.9 Å². The predicted molar refractivity (Wildman–Crippen MR) is 60.8 cm³/mol. The highest BCUT2D eigenvalue weighted by Gasteiger charge is 1.93. The van der Waals surface area contributed by atoms with E-state index in [4.69, 9.17) is 5.73 Å². The Bertz CT molecular complexity index is 116. The summed E-state index contributed by atoms with van der Waals surface area (Å²) in [6, 6.07) is 0.389. The van der Waals surface area contributed by atoms with Gasteiger partial charge < -0.3 is 5.73 Å². The highest BCUT2D eigenvalue weighted by Crippen LogP contribution is 2.06. The van der Waals surface area contributed by atoms with Gasteiger partial charge in [-0.2, -0.15) is 0 Å². The minimum absolute atomic E-state index is 0.389. The van der Waals surface area contributed by atoms with E-state index in [0.29, 0.717) is 6.04 Å². The lowest BCUT2D eigenvalue weighted by molar-refractivity contribution is 0.568. The van der Waals surface area contributed by atoms with E-state index < -0.39 is 0 Å². The number of unbranched alkanes of at least 4 members (excludes halogenated alkanes) is 4. The molecule has 0 amide bonds. The van der Waals surface area contributed by atoms with E-state index in [2.05, 4.69) is 26.0 Å². The van der Waals surface area contributed by atoms with Gasteiger partial charge in [-0.25, -0.2) is 0 Å². The molecule has 13 heavy (non-hydrogen) atoms. The van der Waals surface area contributed by atoms with Crippen molar-refractivity contribution in [3.05, 3.63) is 12.2 Å². The molecule has 0 aliphatic rings. The van der Waals surface area contributed by atoms with E-state index >= 15 is 0 Å². The minimum Gasteiger partial charge on any atom is -0.328 e. The number of nitrogens with two attached hydrogens (primary N) is 1. The number of hydrogen-bond donors (Lipinski definition) is 1. The lowest BCUT2D eigenvalue weighted by Crippen LogP contribution is -2.13. The fraction of sp³-hybridized carbons (Fsp3) is 0.833. The Morgan fingerprint density at radius 3 is 2.38 bits per heavy atom. The van der Waals surface area contributed by atoms with Gasteiger partial charge in [-0.3, -0.25) is 0 Å². The SMILES string of the molecule is CC/C=C\CCCCCCC(C)N. The molecule has 0 saturated heterocycles. The molecule has 78 valence electrons. The largest absolute Gasteiger partial charge is 0.328 e. The topological polar surface area (TPSA) is 26.0 Å². The van der Waals surface area contributed by atoms with Crippen LogP contribution in [-0.2, 0) is 0 Å². The van der Waals surface area contributed by atoms with Crippen LogP contribution in [0, 0.1) is 0 Å². The molecule has 1 unspecified atom stereocenters. The molecule has 0 aliphatic heterocycles. The Morgan fingerprint density at radius 1 is 1.08 bits per heavy atom. The third-order valence-corrected chi connectivity index (χ3v) is 2.18. The Balaban J connectivity index is 2.95. The summed E-state index contributed by atoms with van der Waals surface area (Å²) in [5.41, 5.74) is 5.66. The summed E-state index contributed by atoms with van der Waals surface area (Å²) in [6.45, 7) is 4.27. The summed E-state index contributed by atoms with van der Waals surface area (Å²) in [5.74, 6) is 0. The van der Waals surface area contributed by atoms with E-state index in [0.717, 1.165) is 0 Å². The van der Waals surface area contributed by atoms with Gasteiger partial charge in [-0.15, -0.1) is 0 Å². The Kier molecular flexibility index (Phi) is 9.56. The summed E-state index contributed by atoms with van der Waals surface area (Å²) in [6.07, 6.45) is 13.5. The second kappa shape index (κ2) is 9.79. The van der Waals surface area contributed by atoms with Crippen LogP contribution in [0.4, 0.5) is 0 Å². The average molecular weight is 183 g/mol. The number of allylic oxidation sites excluding steroid dienone is 2. The van der Waals surface area contributed by atoms with Gasteiger partial charge in [0.2, 0.25) is 0 Å². The van der Waals surface area contributed by atoms with Gasteiger partial charge in [-0.1, -0.05) is 38.3 Å². The van der Waals surface area contributed by atoms with Gasteiger partial charge >= 0.3 is 0 Å². The van der Waals surface area contributed by atoms with Crippen LogP contribution < -0.4 is 5.73 Å². The molecule has 0 spiro atoms. The monoisotopic (exact) mass is 183 g/mol. The predicted octanol–water partition coefficient (Wildman–Crippen LogP) is 3.64. The van der Waals surface area contributed by atoms with Crippen molar-refractivity contribution in [2.24, 2.45) is 5.73 Å². The van der Waals surface area contributed by atoms with Crippen molar-refractivity contribution in [1.29, 1.82) is 0 Å². The first-order valence-electron chi connectivity index (χ1n) is 5.68. The first kappa shape index (κ1) is 12.7. The quantitative estimate of drug-likeness (QED) is 0.451. The zero-order chi connectivity index (χ0) is 9.94. The van der Waals surface area contributed by atoms with Crippen LogP contribution in [-0.4, -0.2) is 6.04 Å². The lowest BCUT2D eigenvalue weighted by Gasteiger charge is -2.03. The molecular formula is C12H25N. The second-order valence-electron chi connectivity index (χ2n) is 3.85. The van der Waals surface area contributed by atoms with Crippen LogP contribution in [0.25, 0.3) is 0 Å². The number of hydrogen-bond acceptors (Lipinski definition) is 1. The fourth-order valence-electron chi connectivity index (χ4n) is 1.37.